The predicted octanol–water partition coefficient (Wildman–Crippen LogP) is 2.03. The van der Waals surface area contributed by atoms with E-state index in [2.05, 4.69) is 11.1 Å². The molecule has 4 rings (SSSR count). The fourth-order valence-corrected chi connectivity index (χ4v) is 2.75. The van der Waals surface area contributed by atoms with Crippen molar-refractivity contribution >= 4 is 0 Å². The second-order valence-electron chi connectivity index (χ2n) is 4.95. The minimum Gasteiger partial charge on any atom is -0.454 e. The number of allylic oxidation sites excluding steroid dienone is 1. The fourth-order valence-electron chi connectivity index (χ4n) is 2.75. The zero-order chi connectivity index (χ0) is 15.1. The van der Waals surface area contributed by atoms with E-state index in [4.69, 9.17) is 19.9 Å². The number of fused-ring (bicyclic) bond motifs is 2. The molecular weight excluding hydrogens is 282 g/mol. The first kappa shape index (κ1) is 12.5. The summed E-state index contributed by atoms with van der Waals surface area (Å²) >= 11 is 0. The third-order valence-electron chi connectivity index (χ3n) is 3.75. The minimum absolute atomic E-state index is 0.107. The summed E-state index contributed by atoms with van der Waals surface area (Å²) in [4.78, 5) is 4.02. The van der Waals surface area contributed by atoms with Crippen LogP contribution in [0.25, 0.3) is 0 Å². The second kappa shape index (κ2) is 4.67. The standard InChI is InChI=1S/C16H11N3O3/c17-7-11-15(9-1-3-19-4-2-9)10-5-13-14(21-8-20-13)6-12(10)22-16(11)18/h1-6,15H,8,18H2/t15-/m0/s1. The fraction of sp³-hybridized carbons (Fsp3) is 0.125. The third-order valence-corrected chi connectivity index (χ3v) is 3.75. The molecule has 6 heteroatoms. The van der Waals surface area contributed by atoms with Crippen LogP contribution in [0.15, 0.2) is 48.1 Å². The molecule has 0 bridgehead atoms. The Morgan fingerprint density at radius 2 is 1.86 bits per heavy atom. The Morgan fingerprint density at radius 1 is 1.14 bits per heavy atom. The predicted molar refractivity (Wildman–Crippen MR) is 76.1 cm³/mol. The van der Waals surface area contributed by atoms with Crippen molar-refractivity contribution in [3.8, 4) is 23.3 Å². The Bertz CT molecular complexity index is 825. The molecule has 0 unspecified atom stereocenters. The van der Waals surface area contributed by atoms with Gasteiger partial charge in [0.1, 0.15) is 17.4 Å². The minimum atomic E-state index is -0.314. The maximum absolute atomic E-state index is 9.47. The highest BCUT2D eigenvalue weighted by molar-refractivity contribution is 5.61. The quantitative estimate of drug-likeness (QED) is 0.865. The first-order chi connectivity index (χ1) is 10.8. The number of nitrogens with zero attached hydrogens (tertiary/aromatic N) is 2. The largest absolute Gasteiger partial charge is 0.454 e. The van der Waals surface area contributed by atoms with Crippen LogP contribution in [-0.2, 0) is 0 Å². The van der Waals surface area contributed by atoms with Crippen molar-refractivity contribution < 1.29 is 14.2 Å². The molecule has 2 aliphatic heterocycles. The number of ether oxygens (including phenoxy) is 3. The van der Waals surface area contributed by atoms with E-state index < -0.39 is 0 Å². The lowest BCUT2D eigenvalue weighted by molar-refractivity contribution is 0.174. The summed E-state index contributed by atoms with van der Waals surface area (Å²) in [7, 11) is 0. The van der Waals surface area contributed by atoms with E-state index >= 15 is 0 Å². The van der Waals surface area contributed by atoms with Gasteiger partial charge in [0.25, 0.3) is 0 Å². The third kappa shape index (κ3) is 1.76. The van der Waals surface area contributed by atoms with Crippen molar-refractivity contribution in [1.29, 1.82) is 5.26 Å². The van der Waals surface area contributed by atoms with E-state index in [0.717, 1.165) is 11.1 Å². The molecule has 2 aliphatic rings. The summed E-state index contributed by atoms with van der Waals surface area (Å²) in [6.45, 7) is 0.173. The molecule has 3 heterocycles. The topological polar surface area (TPSA) is 90.4 Å². The van der Waals surface area contributed by atoms with Gasteiger partial charge in [-0.2, -0.15) is 5.26 Å². The molecule has 0 saturated heterocycles. The van der Waals surface area contributed by atoms with Gasteiger partial charge < -0.3 is 19.9 Å². The molecule has 108 valence electrons. The molecule has 1 aromatic heterocycles. The first-order valence-electron chi connectivity index (χ1n) is 6.69. The van der Waals surface area contributed by atoms with Gasteiger partial charge in [-0.25, -0.2) is 0 Å². The van der Waals surface area contributed by atoms with E-state index in [0.29, 0.717) is 22.8 Å². The smallest absolute Gasteiger partial charge is 0.231 e. The molecule has 2 aromatic rings. The van der Waals surface area contributed by atoms with Crippen LogP contribution in [0.2, 0.25) is 0 Å². The number of hydrogen-bond acceptors (Lipinski definition) is 6. The molecule has 6 nitrogen and oxygen atoms in total. The summed E-state index contributed by atoms with van der Waals surface area (Å²) in [5, 5.41) is 9.47. The Kier molecular flexibility index (Phi) is 2.66. The van der Waals surface area contributed by atoms with Crippen LogP contribution < -0.4 is 19.9 Å². The molecule has 0 saturated carbocycles. The van der Waals surface area contributed by atoms with E-state index in [9.17, 15) is 5.26 Å². The molecule has 2 N–H and O–H groups in total. The molecule has 0 fully saturated rings. The van der Waals surface area contributed by atoms with E-state index in [-0.39, 0.29) is 18.6 Å². The lowest BCUT2D eigenvalue weighted by Gasteiger charge is -2.26. The Labute approximate surface area is 126 Å². The van der Waals surface area contributed by atoms with Crippen LogP contribution in [0, 0.1) is 11.3 Å². The highest BCUT2D eigenvalue weighted by Crippen LogP contribution is 2.47. The normalized spacial score (nSPS) is 18.4. The highest BCUT2D eigenvalue weighted by atomic mass is 16.7. The zero-order valence-corrected chi connectivity index (χ0v) is 11.4. The van der Waals surface area contributed by atoms with Crippen molar-refractivity contribution in [1.82, 2.24) is 4.98 Å². The van der Waals surface area contributed by atoms with Gasteiger partial charge in [-0.3, -0.25) is 4.98 Å². The van der Waals surface area contributed by atoms with Crippen molar-refractivity contribution in [3.63, 3.8) is 0 Å². The maximum atomic E-state index is 9.47. The van der Waals surface area contributed by atoms with E-state index in [1.807, 2.05) is 18.2 Å². The SMILES string of the molecule is N#CC1=C(N)Oc2cc3c(cc2[C@@H]1c1ccncc1)OCO3. The van der Waals surface area contributed by atoms with Crippen molar-refractivity contribution in [3.05, 3.63) is 59.2 Å². The number of pyridine rings is 1. The monoisotopic (exact) mass is 293 g/mol. The van der Waals surface area contributed by atoms with Crippen LogP contribution in [0.5, 0.6) is 17.2 Å². The van der Waals surface area contributed by atoms with Gasteiger partial charge >= 0.3 is 0 Å². The average molecular weight is 293 g/mol. The lowest BCUT2D eigenvalue weighted by atomic mass is 9.84. The summed E-state index contributed by atoms with van der Waals surface area (Å²) in [5.41, 5.74) is 8.03. The summed E-state index contributed by atoms with van der Waals surface area (Å²) in [6, 6.07) is 9.44. The van der Waals surface area contributed by atoms with Gasteiger partial charge in [-0.15, -0.1) is 0 Å². The molecule has 22 heavy (non-hydrogen) atoms. The van der Waals surface area contributed by atoms with E-state index in [1.165, 1.54) is 0 Å². The average Bonchev–Trinajstić information content (AvgIpc) is 2.99. The van der Waals surface area contributed by atoms with Gasteiger partial charge in [-0.1, -0.05) is 0 Å². The number of rotatable bonds is 1. The van der Waals surface area contributed by atoms with Crippen molar-refractivity contribution in [2.75, 3.05) is 6.79 Å². The van der Waals surface area contributed by atoms with Crippen LogP contribution >= 0.6 is 0 Å². The molecule has 0 aliphatic carbocycles. The van der Waals surface area contributed by atoms with Gasteiger partial charge in [-0.05, 0) is 23.8 Å². The maximum Gasteiger partial charge on any atom is 0.231 e. The van der Waals surface area contributed by atoms with Crippen molar-refractivity contribution in [2.45, 2.75) is 5.92 Å². The number of benzene rings is 1. The number of hydrogen-bond donors (Lipinski definition) is 1. The number of nitriles is 1. The van der Waals surface area contributed by atoms with Crippen LogP contribution in [0.3, 0.4) is 0 Å². The number of aromatic nitrogens is 1. The van der Waals surface area contributed by atoms with Gasteiger partial charge in [0.05, 0.1) is 5.92 Å². The van der Waals surface area contributed by atoms with Crippen LogP contribution in [-0.4, -0.2) is 11.8 Å². The second-order valence-corrected chi connectivity index (χ2v) is 4.95. The summed E-state index contributed by atoms with van der Waals surface area (Å²) < 4.78 is 16.4. The zero-order valence-electron chi connectivity index (χ0n) is 11.4. The van der Waals surface area contributed by atoms with Crippen molar-refractivity contribution in [2.24, 2.45) is 5.73 Å². The van der Waals surface area contributed by atoms with Gasteiger partial charge in [0.2, 0.25) is 12.7 Å². The summed E-state index contributed by atoms with van der Waals surface area (Å²) in [5.74, 6) is 1.61. The highest BCUT2D eigenvalue weighted by Gasteiger charge is 2.33. The molecule has 0 spiro atoms. The Hall–Kier alpha value is -3.20. The molecule has 1 atom stereocenters. The Morgan fingerprint density at radius 3 is 2.59 bits per heavy atom. The lowest BCUT2D eigenvalue weighted by Crippen LogP contribution is -2.21. The van der Waals surface area contributed by atoms with Crippen LogP contribution in [0.4, 0.5) is 0 Å². The van der Waals surface area contributed by atoms with Crippen LogP contribution in [0.1, 0.15) is 17.0 Å². The van der Waals surface area contributed by atoms with Gasteiger partial charge in [0.15, 0.2) is 11.5 Å². The van der Waals surface area contributed by atoms with E-state index in [1.54, 1.807) is 18.5 Å². The molecule has 0 amide bonds. The first-order valence-corrected chi connectivity index (χ1v) is 6.69. The Balaban J connectivity index is 1.94. The molecular formula is C16H11N3O3. The summed E-state index contributed by atoms with van der Waals surface area (Å²) in [6.07, 6.45) is 3.37. The van der Waals surface area contributed by atoms with Gasteiger partial charge in [0, 0.05) is 24.0 Å². The molecule has 0 radical (unpaired) electrons. The number of nitrogens with two attached hydrogens (primary N) is 1. The molecule has 1 aromatic carbocycles.